The van der Waals surface area contributed by atoms with Crippen molar-refractivity contribution >= 4 is 17.2 Å². The first kappa shape index (κ1) is 13.1. The smallest absolute Gasteiger partial charge is 0.264 e. The van der Waals surface area contributed by atoms with Crippen LogP contribution in [0.2, 0.25) is 0 Å². The van der Waals surface area contributed by atoms with Crippen LogP contribution in [0, 0.1) is 6.92 Å². The minimum Gasteiger partial charge on any atom is -0.379 e. The third-order valence-corrected chi connectivity index (χ3v) is 5.03. The van der Waals surface area contributed by atoms with Crippen molar-refractivity contribution in [2.24, 2.45) is 0 Å². The van der Waals surface area contributed by atoms with Crippen molar-refractivity contribution in [1.29, 1.82) is 0 Å². The van der Waals surface area contributed by atoms with Gasteiger partial charge in [0.15, 0.2) is 0 Å². The van der Waals surface area contributed by atoms with Crippen LogP contribution in [0.3, 0.4) is 0 Å². The van der Waals surface area contributed by atoms with E-state index in [1.165, 1.54) is 4.88 Å². The molecule has 0 radical (unpaired) electrons. The molecule has 0 spiro atoms. The molecular formula is C14H19NO3S. The summed E-state index contributed by atoms with van der Waals surface area (Å²) in [5.41, 5.74) is 0. The molecule has 3 heterocycles. The van der Waals surface area contributed by atoms with Gasteiger partial charge >= 0.3 is 0 Å². The lowest BCUT2D eigenvalue weighted by atomic mass is 9.95. The van der Waals surface area contributed by atoms with E-state index < -0.39 is 0 Å². The molecule has 0 unspecified atom stereocenters. The van der Waals surface area contributed by atoms with Crippen LogP contribution in [0.5, 0.6) is 0 Å². The maximum atomic E-state index is 12.6. The second kappa shape index (κ2) is 5.23. The number of hydrogen-bond donors (Lipinski definition) is 0. The van der Waals surface area contributed by atoms with Gasteiger partial charge in [0.2, 0.25) is 0 Å². The summed E-state index contributed by atoms with van der Waals surface area (Å²) in [6, 6.07) is 4.10. The van der Waals surface area contributed by atoms with Crippen LogP contribution < -0.4 is 0 Å². The standard InChI is InChI=1S/C14H19NO3S/c1-9-3-4-12(19-9)14(16)15-7-5-11(17-2)13-10(15)6-8-18-13/h3-4,10-11,13H,5-8H2,1-2H3/t10-,11+,13-/m0/s1. The van der Waals surface area contributed by atoms with Crippen LogP contribution in [0.15, 0.2) is 12.1 Å². The van der Waals surface area contributed by atoms with E-state index in [0.717, 1.165) is 30.9 Å². The van der Waals surface area contributed by atoms with Gasteiger partial charge in [0.05, 0.1) is 17.0 Å². The van der Waals surface area contributed by atoms with Crippen molar-refractivity contribution in [3.63, 3.8) is 0 Å². The van der Waals surface area contributed by atoms with Gasteiger partial charge in [0.25, 0.3) is 5.91 Å². The van der Waals surface area contributed by atoms with Gasteiger partial charge in [-0.3, -0.25) is 4.79 Å². The Labute approximate surface area is 117 Å². The fraction of sp³-hybridized carbons (Fsp3) is 0.643. The molecule has 2 aliphatic rings. The predicted molar refractivity (Wildman–Crippen MR) is 73.7 cm³/mol. The lowest BCUT2D eigenvalue weighted by Crippen LogP contribution is -2.54. The van der Waals surface area contributed by atoms with Crippen LogP contribution in [-0.2, 0) is 9.47 Å². The molecule has 3 rings (SSSR count). The van der Waals surface area contributed by atoms with Crippen LogP contribution in [0.1, 0.15) is 27.4 Å². The maximum Gasteiger partial charge on any atom is 0.264 e. The molecule has 19 heavy (non-hydrogen) atoms. The van der Waals surface area contributed by atoms with E-state index in [1.807, 2.05) is 24.0 Å². The monoisotopic (exact) mass is 281 g/mol. The van der Waals surface area contributed by atoms with E-state index in [9.17, 15) is 4.79 Å². The lowest BCUT2D eigenvalue weighted by Gasteiger charge is -2.40. The van der Waals surface area contributed by atoms with E-state index >= 15 is 0 Å². The molecule has 1 aromatic rings. The third-order valence-electron chi connectivity index (χ3n) is 4.04. The summed E-state index contributed by atoms with van der Waals surface area (Å²) in [7, 11) is 1.73. The number of carbonyl (C=O) groups excluding carboxylic acids is 1. The zero-order chi connectivity index (χ0) is 13.4. The molecule has 3 atom stereocenters. The molecule has 0 aromatic carbocycles. The van der Waals surface area contributed by atoms with Gasteiger partial charge in [-0.05, 0) is 31.9 Å². The number of methoxy groups -OCH3 is 1. The Bertz CT molecular complexity index is 473. The maximum absolute atomic E-state index is 12.6. The van der Waals surface area contributed by atoms with Gasteiger partial charge in [-0.15, -0.1) is 11.3 Å². The average molecular weight is 281 g/mol. The van der Waals surface area contributed by atoms with Crippen molar-refractivity contribution in [2.75, 3.05) is 20.3 Å². The highest BCUT2D eigenvalue weighted by Gasteiger charge is 2.44. The summed E-state index contributed by atoms with van der Waals surface area (Å²) in [5, 5.41) is 0. The zero-order valence-corrected chi connectivity index (χ0v) is 12.1. The summed E-state index contributed by atoms with van der Waals surface area (Å²) in [6.07, 6.45) is 1.94. The van der Waals surface area contributed by atoms with E-state index in [1.54, 1.807) is 18.4 Å². The number of amides is 1. The highest BCUT2D eigenvalue weighted by Crippen LogP contribution is 2.32. The summed E-state index contributed by atoms with van der Waals surface area (Å²) < 4.78 is 11.2. The molecule has 2 aliphatic heterocycles. The molecule has 0 saturated carbocycles. The molecule has 0 bridgehead atoms. The number of likely N-dealkylation sites (tertiary alicyclic amines) is 1. The Morgan fingerprint density at radius 2 is 2.32 bits per heavy atom. The molecular weight excluding hydrogens is 262 g/mol. The molecule has 104 valence electrons. The predicted octanol–water partition coefficient (Wildman–Crippen LogP) is 2.07. The number of hydrogen-bond acceptors (Lipinski definition) is 4. The highest BCUT2D eigenvalue weighted by atomic mass is 32.1. The molecule has 1 amide bonds. The number of piperidine rings is 1. The summed E-state index contributed by atoms with van der Waals surface area (Å²) in [4.78, 5) is 16.6. The number of carbonyl (C=O) groups is 1. The largest absolute Gasteiger partial charge is 0.379 e. The van der Waals surface area contributed by atoms with Crippen molar-refractivity contribution in [2.45, 2.75) is 38.0 Å². The first-order valence-electron chi connectivity index (χ1n) is 6.72. The SMILES string of the molecule is CO[C@@H]1CCN(C(=O)c2ccc(C)s2)[C@H]2CCO[C@H]12. The van der Waals surface area contributed by atoms with Crippen molar-refractivity contribution in [3.8, 4) is 0 Å². The van der Waals surface area contributed by atoms with Crippen LogP contribution in [-0.4, -0.2) is 49.3 Å². The zero-order valence-electron chi connectivity index (χ0n) is 11.3. The van der Waals surface area contributed by atoms with Crippen molar-refractivity contribution < 1.29 is 14.3 Å². The molecule has 0 aliphatic carbocycles. The van der Waals surface area contributed by atoms with Crippen molar-refractivity contribution in [1.82, 2.24) is 4.90 Å². The summed E-state index contributed by atoms with van der Waals surface area (Å²) in [5.74, 6) is 0.146. The number of fused-ring (bicyclic) bond motifs is 1. The topological polar surface area (TPSA) is 38.8 Å². The minimum absolute atomic E-state index is 0.0451. The van der Waals surface area contributed by atoms with Gasteiger partial charge in [-0.1, -0.05) is 0 Å². The van der Waals surface area contributed by atoms with Crippen molar-refractivity contribution in [3.05, 3.63) is 21.9 Å². The minimum atomic E-state index is 0.0451. The molecule has 0 N–H and O–H groups in total. The first-order chi connectivity index (χ1) is 9.20. The number of thiophene rings is 1. The van der Waals surface area contributed by atoms with E-state index in [2.05, 4.69) is 0 Å². The number of ether oxygens (including phenoxy) is 2. The van der Waals surface area contributed by atoms with Gasteiger partial charge < -0.3 is 14.4 Å². The third kappa shape index (κ3) is 2.30. The Hall–Kier alpha value is -0.910. The Morgan fingerprint density at radius 3 is 3.00 bits per heavy atom. The second-order valence-electron chi connectivity index (χ2n) is 5.16. The van der Waals surface area contributed by atoms with Gasteiger partial charge in [0.1, 0.15) is 6.10 Å². The number of aryl methyl sites for hydroxylation is 1. The number of nitrogens with zero attached hydrogens (tertiary/aromatic N) is 1. The van der Waals surface area contributed by atoms with Gasteiger partial charge in [-0.25, -0.2) is 0 Å². The fourth-order valence-electron chi connectivity index (χ4n) is 3.08. The first-order valence-corrected chi connectivity index (χ1v) is 7.54. The fourth-order valence-corrected chi connectivity index (χ4v) is 3.90. The van der Waals surface area contributed by atoms with Crippen LogP contribution >= 0.6 is 11.3 Å². The number of rotatable bonds is 2. The molecule has 2 fully saturated rings. The molecule has 5 heteroatoms. The molecule has 2 saturated heterocycles. The highest BCUT2D eigenvalue weighted by molar-refractivity contribution is 7.13. The molecule has 1 aromatic heterocycles. The quantitative estimate of drug-likeness (QED) is 0.833. The van der Waals surface area contributed by atoms with Crippen LogP contribution in [0.25, 0.3) is 0 Å². The average Bonchev–Trinajstić information content (AvgIpc) is 3.05. The second-order valence-corrected chi connectivity index (χ2v) is 6.45. The summed E-state index contributed by atoms with van der Waals surface area (Å²) in [6.45, 7) is 3.52. The Kier molecular flexibility index (Phi) is 3.60. The normalized spacial score (nSPS) is 30.4. The lowest BCUT2D eigenvalue weighted by molar-refractivity contribution is -0.0753. The van der Waals surface area contributed by atoms with Gasteiger partial charge in [-0.2, -0.15) is 0 Å². The molecule has 4 nitrogen and oxygen atoms in total. The van der Waals surface area contributed by atoms with E-state index in [0.29, 0.717) is 0 Å². The van der Waals surface area contributed by atoms with E-state index in [-0.39, 0.29) is 24.2 Å². The van der Waals surface area contributed by atoms with Crippen LogP contribution in [0.4, 0.5) is 0 Å². The Morgan fingerprint density at radius 1 is 1.47 bits per heavy atom. The summed E-state index contributed by atoms with van der Waals surface area (Å²) >= 11 is 1.57. The van der Waals surface area contributed by atoms with E-state index in [4.69, 9.17) is 9.47 Å². The van der Waals surface area contributed by atoms with Gasteiger partial charge in [0, 0.05) is 25.1 Å². The Balaban J connectivity index is 1.80.